The van der Waals surface area contributed by atoms with Crippen LogP contribution in [0.25, 0.3) is 0 Å². The Kier molecular flexibility index (Phi) is 4.43. The summed E-state index contributed by atoms with van der Waals surface area (Å²) in [5.41, 5.74) is -0.580. The first-order valence-corrected chi connectivity index (χ1v) is 7.85. The average molecular weight is 355 g/mol. The Hall–Kier alpha value is -3.26. The Morgan fingerprint density at radius 2 is 2.00 bits per heavy atom. The molecule has 1 amide bonds. The molecule has 26 heavy (non-hydrogen) atoms. The van der Waals surface area contributed by atoms with Gasteiger partial charge in [0.25, 0.3) is 11.6 Å². The highest BCUT2D eigenvalue weighted by Crippen LogP contribution is 2.37. The summed E-state index contributed by atoms with van der Waals surface area (Å²) in [5, 5.41) is 27.2. The van der Waals surface area contributed by atoms with Crippen LogP contribution in [-0.2, 0) is 5.72 Å². The van der Waals surface area contributed by atoms with Gasteiger partial charge in [0.05, 0.1) is 12.0 Å². The van der Waals surface area contributed by atoms with Crippen LogP contribution in [0.5, 0.6) is 5.75 Å². The minimum Gasteiger partial charge on any atom is -0.497 e. The molecule has 1 aliphatic rings. The molecule has 0 aliphatic carbocycles. The molecule has 1 N–H and O–H groups in total. The molecule has 134 valence electrons. The monoisotopic (exact) mass is 355 g/mol. The molecule has 1 heterocycles. The van der Waals surface area contributed by atoms with Gasteiger partial charge in [0, 0.05) is 35.4 Å². The topological polar surface area (TPSA) is 105 Å². The van der Waals surface area contributed by atoms with Gasteiger partial charge in [-0.2, -0.15) is 10.1 Å². The normalized spacial score (nSPS) is 19.2. The van der Waals surface area contributed by atoms with E-state index in [2.05, 4.69) is 5.10 Å². The maximum atomic E-state index is 12.9. The van der Waals surface area contributed by atoms with E-state index >= 15 is 0 Å². The molecule has 8 nitrogen and oxygen atoms in total. The molecule has 8 heteroatoms. The van der Waals surface area contributed by atoms with E-state index in [0.29, 0.717) is 22.6 Å². The van der Waals surface area contributed by atoms with Gasteiger partial charge in [0.1, 0.15) is 5.75 Å². The third-order valence-corrected chi connectivity index (χ3v) is 4.17. The van der Waals surface area contributed by atoms with Gasteiger partial charge in [-0.15, -0.1) is 0 Å². The summed E-state index contributed by atoms with van der Waals surface area (Å²) >= 11 is 0. The number of hydrogen-bond donors (Lipinski definition) is 1. The molecule has 1 atom stereocenters. The van der Waals surface area contributed by atoms with Crippen LogP contribution in [0.3, 0.4) is 0 Å². The third-order valence-electron chi connectivity index (χ3n) is 4.17. The summed E-state index contributed by atoms with van der Waals surface area (Å²) in [7, 11) is 1.49. The Morgan fingerprint density at radius 1 is 1.31 bits per heavy atom. The summed E-state index contributed by atoms with van der Waals surface area (Å²) in [4.78, 5) is 23.2. The number of rotatable bonds is 4. The van der Waals surface area contributed by atoms with Crippen molar-refractivity contribution in [1.29, 1.82) is 0 Å². The van der Waals surface area contributed by atoms with Crippen molar-refractivity contribution in [2.75, 3.05) is 7.11 Å². The number of aliphatic hydroxyl groups is 1. The van der Waals surface area contributed by atoms with Gasteiger partial charge in [-0.05, 0) is 37.3 Å². The third kappa shape index (κ3) is 3.02. The van der Waals surface area contributed by atoms with E-state index in [9.17, 15) is 20.0 Å². The Balaban J connectivity index is 1.98. The summed E-state index contributed by atoms with van der Waals surface area (Å²) in [6.45, 7) is 1.70. The lowest BCUT2D eigenvalue weighted by molar-refractivity contribution is -0.384. The number of hydrogen-bond acceptors (Lipinski definition) is 6. The molecule has 1 aliphatic heterocycles. The summed E-state index contributed by atoms with van der Waals surface area (Å²) in [5.74, 6) is 0.0104. The van der Waals surface area contributed by atoms with Crippen LogP contribution in [0.1, 0.15) is 29.3 Å². The molecule has 0 radical (unpaired) electrons. The molecule has 0 bridgehead atoms. The smallest absolute Gasteiger partial charge is 0.277 e. The number of nitro groups is 1. The van der Waals surface area contributed by atoms with Gasteiger partial charge in [-0.3, -0.25) is 14.9 Å². The fourth-order valence-electron chi connectivity index (χ4n) is 2.89. The van der Waals surface area contributed by atoms with Gasteiger partial charge in [0.2, 0.25) is 0 Å². The molecule has 2 aromatic rings. The largest absolute Gasteiger partial charge is 0.497 e. The minimum atomic E-state index is -1.71. The fraction of sp³-hybridized carbons (Fsp3) is 0.222. The number of nitro benzene ring substituents is 1. The minimum absolute atomic E-state index is 0.0985. The molecule has 0 saturated heterocycles. The molecule has 0 saturated carbocycles. The molecular weight excluding hydrogens is 338 g/mol. The van der Waals surface area contributed by atoms with E-state index in [1.165, 1.54) is 31.4 Å². The van der Waals surface area contributed by atoms with Gasteiger partial charge < -0.3 is 9.84 Å². The highest BCUT2D eigenvalue weighted by Gasteiger charge is 2.45. The number of amides is 1. The van der Waals surface area contributed by atoms with E-state index in [-0.39, 0.29) is 12.1 Å². The second kappa shape index (κ2) is 6.57. The highest BCUT2D eigenvalue weighted by molar-refractivity contribution is 5.98. The van der Waals surface area contributed by atoms with Gasteiger partial charge in [0.15, 0.2) is 5.72 Å². The van der Waals surface area contributed by atoms with E-state index in [1.54, 1.807) is 31.2 Å². The predicted octanol–water partition coefficient (Wildman–Crippen LogP) is 2.67. The Labute approximate surface area is 149 Å². The first kappa shape index (κ1) is 17.6. The van der Waals surface area contributed by atoms with Crippen LogP contribution in [0.4, 0.5) is 5.69 Å². The number of nitrogens with zero attached hydrogens (tertiary/aromatic N) is 3. The number of carbonyl (C=O) groups excluding carboxylic acids is 1. The van der Waals surface area contributed by atoms with Crippen molar-refractivity contribution >= 4 is 17.3 Å². The zero-order chi connectivity index (χ0) is 18.9. The average Bonchev–Trinajstić information content (AvgIpc) is 2.96. The van der Waals surface area contributed by atoms with Crippen LogP contribution in [0, 0.1) is 10.1 Å². The van der Waals surface area contributed by atoms with Gasteiger partial charge in [-0.25, -0.2) is 0 Å². The number of ether oxygens (including phenoxy) is 1. The lowest BCUT2D eigenvalue weighted by Crippen LogP contribution is -2.43. The fourth-order valence-corrected chi connectivity index (χ4v) is 2.89. The summed E-state index contributed by atoms with van der Waals surface area (Å²) < 4.78 is 5.13. The van der Waals surface area contributed by atoms with Gasteiger partial charge >= 0.3 is 0 Å². The molecular formula is C18H17N3O5. The van der Waals surface area contributed by atoms with Crippen LogP contribution in [-0.4, -0.2) is 33.8 Å². The van der Waals surface area contributed by atoms with Crippen molar-refractivity contribution in [3.63, 3.8) is 0 Å². The maximum Gasteiger partial charge on any atom is 0.277 e. The van der Waals surface area contributed by atoms with E-state index < -0.39 is 16.6 Å². The lowest BCUT2D eigenvalue weighted by atomic mass is 9.97. The van der Waals surface area contributed by atoms with Crippen LogP contribution in [0.2, 0.25) is 0 Å². The van der Waals surface area contributed by atoms with Crippen LogP contribution < -0.4 is 4.74 Å². The Bertz CT molecular complexity index is 894. The number of carbonyl (C=O) groups is 1. The SMILES string of the molecule is COc1cccc(C(=O)N2N=C(C)CC2(O)c2ccc([N+](=O)[O-])cc2)c1. The van der Waals surface area contributed by atoms with Crippen molar-refractivity contribution in [2.45, 2.75) is 19.1 Å². The summed E-state index contributed by atoms with van der Waals surface area (Å²) in [6, 6.07) is 12.0. The van der Waals surface area contributed by atoms with E-state index in [4.69, 9.17) is 4.74 Å². The number of hydrazone groups is 1. The second-order valence-corrected chi connectivity index (χ2v) is 5.98. The Morgan fingerprint density at radius 3 is 2.62 bits per heavy atom. The van der Waals surface area contributed by atoms with E-state index in [0.717, 1.165) is 5.01 Å². The van der Waals surface area contributed by atoms with Crippen molar-refractivity contribution in [3.05, 3.63) is 69.8 Å². The van der Waals surface area contributed by atoms with Crippen molar-refractivity contribution in [1.82, 2.24) is 5.01 Å². The maximum absolute atomic E-state index is 12.9. The standard InChI is InChI=1S/C18H17N3O5/c1-12-11-18(23,14-6-8-15(9-7-14)21(24)25)20(19-12)17(22)13-4-3-5-16(10-13)26-2/h3-10,23H,11H2,1-2H3. The van der Waals surface area contributed by atoms with Crippen LogP contribution in [0.15, 0.2) is 53.6 Å². The first-order valence-electron chi connectivity index (χ1n) is 7.85. The predicted molar refractivity (Wildman–Crippen MR) is 93.9 cm³/mol. The number of methoxy groups -OCH3 is 1. The van der Waals surface area contributed by atoms with Crippen molar-refractivity contribution < 1.29 is 19.6 Å². The zero-order valence-electron chi connectivity index (χ0n) is 14.2. The molecule has 2 aromatic carbocycles. The van der Waals surface area contributed by atoms with Gasteiger partial charge in [-0.1, -0.05) is 6.07 Å². The van der Waals surface area contributed by atoms with Crippen molar-refractivity contribution in [3.8, 4) is 5.75 Å². The second-order valence-electron chi connectivity index (χ2n) is 5.98. The van der Waals surface area contributed by atoms with Crippen LogP contribution >= 0.6 is 0 Å². The first-order chi connectivity index (χ1) is 12.3. The zero-order valence-corrected chi connectivity index (χ0v) is 14.2. The van der Waals surface area contributed by atoms with Crippen molar-refractivity contribution in [2.24, 2.45) is 5.10 Å². The number of non-ortho nitro benzene ring substituents is 1. The lowest BCUT2D eigenvalue weighted by Gasteiger charge is -2.31. The number of benzene rings is 2. The molecule has 0 aromatic heterocycles. The van der Waals surface area contributed by atoms with E-state index in [1.807, 2.05) is 0 Å². The quantitative estimate of drug-likeness (QED) is 0.670. The molecule has 1 unspecified atom stereocenters. The molecule has 3 rings (SSSR count). The highest BCUT2D eigenvalue weighted by atomic mass is 16.6. The molecule has 0 spiro atoms. The summed E-state index contributed by atoms with van der Waals surface area (Å²) in [6.07, 6.45) is 0.112. The molecule has 0 fully saturated rings.